The van der Waals surface area contributed by atoms with Crippen molar-refractivity contribution in [2.75, 3.05) is 5.75 Å². The van der Waals surface area contributed by atoms with Crippen molar-refractivity contribution in [2.24, 2.45) is 5.41 Å². The Kier molecular flexibility index (Phi) is 4.08. The predicted molar refractivity (Wildman–Crippen MR) is 61.5 cm³/mol. The van der Waals surface area contributed by atoms with Crippen LogP contribution in [0.1, 0.15) is 20.8 Å². The number of benzene rings is 1. The van der Waals surface area contributed by atoms with Crippen molar-refractivity contribution >= 4 is 17.5 Å². The van der Waals surface area contributed by atoms with Crippen LogP contribution < -0.4 is 0 Å². The summed E-state index contributed by atoms with van der Waals surface area (Å²) in [6.45, 7) is 5.41. The Morgan fingerprint density at radius 1 is 1.31 bits per heavy atom. The SMILES string of the molecule is CC(C)(C)C(=O)CSc1cc(F)ccc1F. The largest absolute Gasteiger partial charge is 0.298 e. The zero-order valence-electron chi connectivity index (χ0n) is 9.51. The molecule has 4 heteroatoms. The van der Waals surface area contributed by atoms with E-state index in [2.05, 4.69) is 0 Å². The van der Waals surface area contributed by atoms with E-state index in [4.69, 9.17) is 0 Å². The lowest BCUT2D eigenvalue weighted by Crippen LogP contribution is -2.22. The second-order valence-electron chi connectivity index (χ2n) is 4.54. The monoisotopic (exact) mass is 244 g/mol. The van der Waals surface area contributed by atoms with E-state index in [1.165, 1.54) is 0 Å². The molecule has 0 aliphatic carbocycles. The third-order valence-electron chi connectivity index (χ3n) is 2.09. The smallest absolute Gasteiger partial charge is 0.148 e. The summed E-state index contributed by atoms with van der Waals surface area (Å²) in [7, 11) is 0. The van der Waals surface area contributed by atoms with Gasteiger partial charge in [0.15, 0.2) is 0 Å². The first-order valence-corrected chi connectivity index (χ1v) is 5.90. The Morgan fingerprint density at radius 2 is 1.94 bits per heavy atom. The fourth-order valence-electron chi connectivity index (χ4n) is 0.948. The van der Waals surface area contributed by atoms with E-state index in [1.54, 1.807) is 20.8 Å². The Labute approximate surface area is 98.2 Å². The number of halogens is 2. The molecule has 0 bridgehead atoms. The molecule has 0 aliphatic heterocycles. The maximum absolute atomic E-state index is 13.2. The van der Waals surface area contributed by atoms with Crippen molar-refractivity contribution in [3.8, 4) is 0 Å². The fourth-order valence-corrected chi connectivity index (χ4v) is 2.07. The van der Waals surface area contributed by atoms with Crippen molar-refractivity contribution in [3.05, 3.63) is 29.8 Å². The van der Waals surface area contributed by atoms with Gasteiger partial charge in [0.25, 0.3) is 0 Å². The van der Waals surface area contributed by atoms with Crippen molar-refractivity contribution in [2.45, 2.75) is 25.7 Å². The summed E-state index contributed by atoms with van der Waals surface area (Å²) in [4.78, 5) is 11.8. The maximum atomic E-state index is 13.2. The third-order valence-corrected chi connectivity index (χ3v) is 3.12. The molecule has 0 amide bonds. The van der Waals surface area contributed by atoms with Gasteiger partial charge in [-0.15, -0.1) is 11.8 Å². The van der Waals surface area contributed by atoms with Crippen molar-refractivity contribution in [3.63, 3.8) is 0 Å². The summed E-state index contributed by atoms with van der Waals surface area (Å²) in [5.41, 5.74) is -0.448. The molecule has 0 fully saturated rings. The Hall–Kier alpha value is -0.900. The predicted octanol–water partition coefficient (Wildman–Crippen LogP) is 3.67. The van der Waals surface area contributed by atoms with Crippen LogP contribution in [0.25, 0.3) is 0 Å². The van der Waals surface area contributed by atoms with Gasteiger partial charge in [0.05, 0.1) is 5.75 Å². The molecule has 0 N–H and O–H groups in total. The van der Waals surface area contributed by atoms with Crippen LogP contribution in [-0.4, -0.2) is 11.5 Å². The van der Waals surface area contributed by atoms with Gasteiger partial charge in [-0.1, -0.05) is 20.8 Å². The first-order valence-electron chi connectivity index (χ1n) is 4.92. The van der Waals surface area contributed by atoms with Gasteiger partial charge >= 0.3 is 0 Å². The van der Waals surface area contributed by atoms with E-state index in [1.807, 2.05) is 0 Å². The molecule has 16 heavy (non-hydrogen) atoms. The highest BCUT2D eigenvalue weighted by Crippen LogP contribution is 2.25. The molecule has 0 saturated carbocycles. The molecular formula is C12H14F2OS. The van der Waals surface area contributed by atoms with Crippen molar-refractivity contribution < 1.29 is 13.6 Å². The number of ketones is 1. The van der Waals surface area contributed by atoms with E-state index >= 15 is 0 Å². The van der Waals surface area contributed by atoms with Gasteiger partial charge in [-0.2, -0.15) is 0 Å². The summed E-state index contributed by atoms with van der Waals surface area (Å²) in [6.07, 6.45) is 0. The number of Topliss-reactive ketones (excluding diaryl/α,β-unsaturated/α-hetero) is 1. The summed E-state index contributed by atoms with van der Waals surface area (Å²) < 4.78 is 26.1. The van der Waals surface area contributed by atoms with E-state index in [0.717, 1.165) is 30.0 Å². The van der Waals surface area contributed by atoms with Crippen LogP contribution in [0.3, 0.4) is 0 Å². The average molecular weight is 244 g/mol. The molecule has 0 heterocycles. The minimum absolute atomic E-state index is 0.0150. The van der Waals surface area contributed by atoms with Crippen LogP contribution in [0.2, 0.25) is 0 Å². The molecule has 1 nitrogen and oxygen atoms in total. The highest BCUT2D eigenvalue weighted by molar-refractivity contribution is 8.00. The van der Waals surface area contributed by atoms with E-state index in [-0.39, 0.29) is 16.4 Å². The number of carbonyl (C=O) groups is 1. The zero-order chi connectivity index (χ0) is 12.3. The van der Waals surface area contributed by atoms with Gasteiger partial charge in [-0.3, -0.25) is 4.79 Å². The van der Waals surface area contributed by atoms with Crippen LogP contribution >= 0.6 is 11.8 Å². The lowest BCUT2D eigenvalue weighted by Gasteiger charge is -2.16. The molecule has 0 unspecified atom stereocenters. The second-order valence-corrected chi connectivity index (χ2v) is 5.55. The number of carbonyl (C=O) groups excluding carboxylic acids is 1. The Balaban J connectivity index is 2.68. The maximum Gasteiger partial charge on any atom is 0.148 e. The molecule has 88 valence electrons. The molecule has 0 aliphatic rings. The van der Waals surface area contributed by atoms with Crippen LogP contribution in [0.15, 0.2) is 23.1 Å². The molecular weight excluding hydrogens is 230 g/mol. The average Bonchev–Trinajstić information content (AvgIpc) is 2.17. The summed E-state index contributed by atoms with van der Waals surface area (Å²) in [6, 6.07) is 3.24. The summed E-state index contributed by atoms with van der Waals surface area (Å²) in [5, 5.41) is 0. The van der Waals surface area contributed by atoms with Gasteiger partial charge in [0.2, 0.25) is 0 Å². The van der Waals surface area contributed by atoms with Gasteiger partial charge < -0.3 is 0 Å². The lowest BCUT2D eigenvalue weighted by molar-refractivity contribution is -0.123. The van der Waals surface area contributed by atoms with Crippen molar-refractivity contribution in [1.29, 1.82) is 0 Å². The van der Waals surface area contributed by atoms with Gasteiger partial charge in [-0.05, 0) is 18.2 Å². The van der Waals surface area contributed by atoms with Crippen molar-refractivity contribution in [1.82, 2.24) is 0 Å². The number of rotatable bonds is 3. The quantitative estimate of drug-likeness (QED) is 0.755. The highest BCUT2D eigenvalue weighted by Gasteiger charge is 2.21. The first kappa shape index (κ1) is 13.2. The molecule has 0 radical (unpaired) electrons. The summed E-state index contributed by atoms with van der Waals surface area (Å²) >= 11 is 1.03. The fraction of sp³-hybridized carbons (Fsp3) is 0.417. The molecule has 1 rings (SSSR count). The van der Waals surface area contributed by atoms with E-state index in [9.17, 15) is 13.6 Å². The van der Waals surface area contributed by atoms with E-state index in [0.29, 0.717) is 0 Å². The highest BCUT2D eigenvalue weighted by atomic mass is 32.2. The minimum Gasteiger partial charge on any atom is -0.298 e. The molecule has 0 saturated heterocycles. The number of hydrogen-bond acceptors (Lipinski definition) is 2. The third kappa shape index (κ3) is 3.59. The Bertz CT molecular complexity index is 396. The minimum atomic E-state index is -0.493. The molecule has 0 spiro atoms. The Morgan fingerprint density at radius 3 is 2.50 bits per heavy atom. The molecule has 0 aromatic heterocycles. The standard InChI is InChI=1S/C12H14F2OS/c1-12(2,3)11(15)7-16-10-6-8(13)4-5-9(10)14/h4-6H,7H2,1-3H3. The van der Waals surface area contributed by atoms with Crippen LogP contribution in [-0.2, 0) is 4.79 Å². The van der Waals surface area contributed by atoms with Crippen LogP contribution in [0, 0.1) is 17.0 Å². The summed E-state index contributed by atoms with van der Waals surface area (Å²) in [5.74, 6) is -0.814. The number of hydrogen-bond donors (Lipinski definition) is 0. The first-order chi connectivity index (χ1) is 7.30. The topological polar surface area (TPSA) is 17.1 Å². The second kappa shape index (κ2) is 4.95. The molecule has 1 aromatic rings. The molecule has 0 atom stereocenters. The normalized spacial score (nSPS) is 11.6. The van der Waals surface area contributed by atoms with Crippen LogP contribution in [0.5, 0.6) is 0 Å². The van der Waals surface area contributed by atoms with Crippen LogP contribution in [0.4, 0.5) is 8.78 Å². The van der Waals surface area contributed by atoms with E-state index < -0.39 is 17.0 Å². The van der Waals surface area contributed by atoms with Gasteiger partial charge in [-0.25, -0.2) is 8.78 Å². The van der Waals surface area contributed by atoms with Gasteiger partial charge in [0, 0.05) is 10.3 Å². The molecule has 1 aromatic carbocycles. The lowest BCUT2D eigenvalue weighted by atomic mass is 9.92. The van der Waals surface area contributed by atoms with Gasteiger partial charge in [0.1, 0.15) is 17.4 Å². The zero-order valence-corrected chi connectivity index (χ0v) is 10.3. The number of thioether (sulfide) groups is 1.